The smallest absolute Gasteiger partial charge is 0.241 e. The van der Waals surface area contributed by atoms with Crippen LogP contribution < -0.4 is 16.0 Å². The lowest BCUT2D eigenvalue weighted by Gasteiger charge is -2.17. The molecule has 20 heavy (non-hydrogen) atoms. The molecule has 0 amide bonds. The van der Waals surface area contributed by atoms with Crippen LogP contribution in [0, 0.1) is 19.3 Å². The molecule has 1 aliphatic carbocycles. The predicted octanol–water partition coefficient (Wildman–Crippen LogP) is 2.06. The number of aryl methyl sites for hydroxylation is 2. The van der Waals surface area contributed by atoms with Gasteiger partial charge in [-0.2, -0.15) is 0 Å². The molecule has 0 radical (unpaired) electrons. The van der Waals surface area contributed by atoms with Gasteiger partial charge in [0.1, 0.15) is 0 Å². The Morgan fingerprint density at radius 3 is 2.20 bits per heavy atom. The van der Waals surface area contributed by atoms with E-state index in [-0.39, 0.29) is 5.41 Å². The van der Waals surface area contributed by atoms with E-state index in [0.29, 0.717) is 28.3 Å². The highest BCUT2D eigenvalue weighted by Gasteiger charge is 2.41. The van der Waals surface area contributed by atoms with E-state index in [2.05, 4.69) is 17.1 Å². The number of nitrogen functional groups attached to an aromatic ring is 1. The van der Waals surface area contributed by atoms with Crippen LogP contribution in [0.3, 0.4) is 0 Å². The molecule has 0 aromatic heterocycles. The number of sulfonamides is 1. The summed E-state index contributed by atoms with van der Waals surface area (Å²) in [6.07, 6.45) is 3.24. The molecular formula is C14H23N3O2S. The Kier molecular flexibility index (Phi) is 4.09. The standard InChI is InChI=1S/C14H23N3O2S/c1-4-14(5-6-14)9-16-20(18,19)13-10(2)7-12(17-15)8-11(13)3/h7-8,16-17H,4-6,9,15H2,1-3H3. The molecule has 0 saturated heterocycles. The molecule has 0 heterocycles. The van der Waals surface area contributed by atoms with E-state index in [0.717, 1.165) is 19.3 Å². The van der Waals surface area contributed by atoms with Gasteiger partial charge >= 0.3 is 0 Å². The second kappa shape index (κ2) is 5.35. The van der Waals surface area contributed by atoms with Crippen LogP contribution in [-0.2, 0) is 10.0 Å². The highest BCUT2D eigenvalue weighted by molar-refractivity contribution is 7.89. The van der Waals surface area contributed by atoms with E-state index in [1.165, 1.54) is 0 Å². The zero-order chi connectivity index (χ0) is 15.0. The minimum absolute atomic E-state index is 0.188. The molecule has 5 nitrogen and oxygen atoms in total. The molecule has 0 aliphatic heterocycles. The largest absolute Gasteiger partial charge is 0.324 e. The molecule has 0 bridgehead atoms. The molecule has 6 heteroatoms. The minimum atomic E-state index is -3.47. The fraction of sp³-hybridized carbons (Fsp3) is 0.571. The van der Waals surface area contributed by atoms with Gasteiger partial charge in [0.15, 0.2) is 0 Å². The molecule has 1 aromatic carbocycles. The lowest BCUT2D eigenvalue weighted by atomic mass is 10.1. The van der Waals surface area contributed by atoms with Crippen molar-refractivity contribution in [1.82, 2.24) is 4.72 Å². The van der Waals surface area contributed by atoms with Gasteiger partial charge in [0.25, 0.3) is 0 Å². The van der Waals surface area contributed by atoms with Gasteiger partial charge in [-0.25, -0.2) is 13.1 Å². The molecule has 1 fully saturated rings. The van der Waals surface area contributed by atoms with Crippen molar-refractivity contribution >= 4 is 15.7 Å². The number of hydrogen-bond donors (Lipinski definition) is 3. The first kappa shape index (κ1) is 15.3. The molecule has 4 N–H and O–H groups in total. The second-order valence-corrected chi connectivity index (χ2v) is 7.47. The third-order valence-corrected chi connectivity index (χ3v) is 5.95. The Hall–Kier alpha value is -1.11. The van der Waals surface area contributed by atoms with Crippen molar-refractivity contribution in [3.8, 4) is 0 Å². The van der Waals surface area contributed by atoms with Crippen LogP contribution in [0.15, 0.2) is 17.0 Å². The summed E-state index contributed by atoms with van der Waals surface area (Å²) in [6.45, 7) is 6.21. The second-order valence-electron chi connectivity index (χ2n) is 5.76. The Morgan fingerprint density at radius 1 is 1.25 bits per heavy atom. The van der Waals surface area contributed by atoms with E-state index < -0.39 is 10.0 Å². The number of benzene rings is 1. The van der Waals surface area contributed by atoms with Crippen LogP contribution in [0.4, 0.5) is 5.69 Å². The molecule has 0 unspecified atom stereocenters. The first-order chi connectivity index (χ1) is 9.33. The third kappa shape index (κ3) is 2.97. The van der Waals surface area contributed by atoms with Crippen LogP contribution in [-0.4, -0.2) is 15.0 Å². The summed E-state index contributed by atoms with van der Waals surface area (Å²) in [6, 6.07) is 3.49. The number of hydrazine groups is 1. The number of rotatable bonds is 6. The van der Waals surface area contributed by atoms with Gasteiger partial charge in [0.05, 0.1) is 4.90 Å². The summed E-state index contributed by atoms with van der Waals surface area (Å²) >= 11 is 0. The topological polar surface area (TPSA) is 84.2 Å². The number of nitrogens with one attached hydrogen (secondary N) is 2. The summed E-state index contributed by atoms with van der Waals surface area (Å²) in [5.74, 6) is 5.37. The summed E-state index contributed by atoms with van der Waals surface area (Å²) in [4.78, 5) is 0.364. The fourth-order valence-corrected chi connectivity index (χ4v) is 4.22. The Balaban J connectivity index is 2.25. The van der Waals surface area contributed by atoms with Gasteiger partial charge < -0.3 is 5.43 Å². The SMILES string of the molecule is CCC1(CNS(=O)(=O)c2c(C)cc(NN)cc2C)CC1. The summed E-state index contributed by atoms with van der Waals surface area (Å²) in [5, 5.41) is 0. The van der Waals surface area contributed by atoms with Gasteiger partial charge in [-0.3, -0.25) is 5.84 Å². The van der Waals surface area contributed by atoms with Crippen LogP contribution in [0.2, 0.25) is 0 Å². The lowest BCUT2D eigenvalue weighted by Crippen LogP contribution is -2.31. The van der Waals surface area contributed by atoms with E-state index in [4.69, 9.17) is 5.84 Å². The average molecular weight is 297 g/mol. The van der Waals surface area contributed by atoms with E-state index >= 15 is 0 Å². The maximum atomic E-state index is 12.5. The minimum Gasteiger partial charge on any atom is -0.324 e. The maximum absolute atomic E-state index is 12.5. The molecule has 1 saturated carbocycles. The monoisotopic (exact) mass is 297 g/mol. The van der Waals surface area contributed by atoms with E-state index in [9.17, 15) is 8.42 Å². The Bertz CT molecular complexity index is 584. The van der Waals surface area contributed by atoms with Crippen molar-refractivity contribution in [1.29, 1.82) is 0 Å². The van der Waals surface area contributed by atoms with Crippen molar-refractivity contribution in [3.63, 3.8) is 0 Å². The molecular weight excluding hydrogens is 274 g/mol. The quantitative estimate of drug-likeness (QED) is 0.554. The number of nitrogens with two attached hydrogens (primary N) is 1. The summed E-state index contributed by atoms with van der Waals surface area (Å²) < 4.78 is 27.8. The van der Waals surface area contributed by atoms with Crippen molar-refractivity contribution < 1.29 is 8.42 Å². The molecule has 1 aliphatic rings. The van der Waals surface area contributed by atoms with Crippen molar-refractivity contribution in [2.24, 2.45) is 11.3 Å². The molecule has 0 atom stereocenters. The first-order valence-corrected chi connectivity index (χ1v) is 8.39. The first-order valence-electron chi connectivity index (χ1n) is 6.91. The normalized spacial score (nSPS) is 17.0. The van der Waals surface area contributed by atoms with Gasteiger partial charge in [-0.05, 0) is 61.8 Å². The Labute approximate surface area is 121 Å². The third-order valence-electron chi connectivity index (χ3n) is 4.24. The van der Waals surface area contributed by atoms with E-state index in [1.807, 2.05) is 0 Å². The lowest BCUT2D eigenvalue weighted by molar-refractivity contribution is 0.475. The van der Waals surface area contributed by atoms with E-state index in [1.54, 1.807) is 26.0 Å². The van der Waals surface area contributed by atoms with Crippen LogP contribution in [0.5, 0.6) is 0 Å². The highest BCUT2D eigenvalue weighted by Crippen LogP contribution is 2.48. The molecule has 112 valence electrons. The number of hydrogen-bond acceptors (Lipinski definition) is 4. The van der Waals surface area contributed by atoms with Gasteiger partial charge in [-0.15, -0.1) is 0 Å². The van der Waals surface area contributed by atoms with Gasteiger partial charge in [0.2, 0.25) is 10.0 Å². The summed E-state index contributed by atoms with van der Waals surface area (Å²) in [5.41, 5.74) is 4.85. The molecule has 0 spiro atoms. The molecule has 2 rings (SSSR count). The fourth-order valence-electron chi connectivity index (χ4n) is 2.61. The van der Waals surface area contributed by atoms with Crippen molar-refractivity contribution in [2.45, 2.75) is 44.9 Å². The number of anilines is 1. The molecule has 1 aromatic rings. The van der Waals surface area contributed by atoms with Gasteiger partial charge in [-0.1, -0.05) is 6.92 Å². The zero-order valence-corrected chi connectivity index (χ0v) is 13.1. The van der Waals surface area contributed by atoms with Crippen molar-refractivity contribution in [2.75, 3.05) is 12.0 Å². The Morgan fingerprint density at radius 2 is 1.80 bits per heavy atom. The van der Waals surface area contributed by atoms with Crippen molar-refractivity contribution in [3.05, 3.63) is 23.3 Å². The predicted molar refractivity (Wildman–Crippen MR) is 80.9 cm³/mol. The van der Waals surface area contributed by atoms with Gasteiger partial charge in [0, 0.05) is 12.2 Å². The van der Waals surface area contributed by atoms with Crippen LogP contribution >= 0.6 is 0 Å². The zero-order valence-electron chi connectivity index (χ0n) is 12.3. The summed E-state index contributed by atoms with van der Waals surface area (Å²) in [7, 11) is -3.47. The average Bonchev–Trinajstić information content (AvgIpc) is 3.16. The van der Waals surface area contributed by atoms with Crippen LogP contribution in [0.1, 0.15) is 37.3 Å². The van der Waals surface area contributed by atoms with Crippen LogP contribution in [0.25, 0.3) is 0 Å². The maximum Gasteiger partial charge on any atom is 0.241 e. The highest BCUT2D eigenvalue weighted by atomic mass is 32.2.